The normalized spacial score (nSPS) is 16.9. The summed E-state index contributed by atoms with van der Waals surface area (Å²) in [4.78, 5) is 10.7. The van der Waals surface area contributed by atoms with Crippen LogP contribution in [0, 0.1) is 0 Å². The minimum Gasteiger partial charge on any atom is -0.353 e. The third-order valence-electron chi connectivity index (χ3n) is 2.95. The summed E-state index contributed by atoms with van der Waals surface area (Å²) in [6.45, 7) is 1.03. The summed E-state index contributed by atoms with van der Waals surface area (Å²) >= 11 is 3.51. The molecule has 1 aromatic rings. The van der Waals surface area contributed by atoms with Crippen molar-refractivity contribution in [3.8, 4) is 0 Å². The van der Waals surface area contributed by atoms with E-state index in [1.807, 2.05) is 12.3 Å². The van der Waals surface area contributed by atoms with Crippen LogP contribution in [0.25, 0.3) is 0 Å². The van der Waals surface area contributed by atoms with Gasteiger partial charge in [0, 0.05) is 24.1 Å². The van der Waals surface area contributed by atoms with Gasteiger partial charge in [0.2, 0.25) is 0 Å². The van der Waals surface area contributed by atoms with Gasteiger partial charge in [0.25, 0.3) is 0 Å². The first-order chi connectivity index (χ1) is 7.42. The van der Waals surface area contributed by atoms with Crippen molar-refractivity contribution in [3.05, 3.63) is 18.6 Å². The lowest BCUT2D eigenvalue weighted by Gasteiger charge is -2.29. The van der Waals surface area contributed by atoms with Gasteiger partial charge in [-0.1, -0.05) is 28.8 Å². The monoisotopic (exact) mass is 269 g/mol. The lowest BCUT2D eigenvalue weighted by Crippen LogP contribution is -2.35. The Morgan fingerprint density at radius 2 is 2.20 bits per heavy atom. The van der Waals surface area contributed by atoms with Gasteiger partial charge in [-0.3, -0.25) is 0 Å². The number of hydrogen-bond acceptors (Lipinski definition) is 3. The second-order valence-electron chi connectivity index (χ2n) is 3.89. The molecule has 0 amide bonds. The molecule has 1 heterocycles. The van der Waals surface area contributed by atoms with Gasteiger partial charge in [-0.15, -0.1) is 0 Å². The van der Waals surface area contributed by atoms with E-state index in [2.05, 4.69) is 30.8 Å². The summed E-state index contributed by atoms with van der Waals surface area (Å²) in [5.41, 5.74) is 0. The summed E-state index contributed by atoms with van der Waals surface area (Å²) in [5.74, 6) is 1.07. The number of aromatic nitrogens is 2. The first kappa shape index (κ1) is 10.9. The molecule has 0 aliphatic heterocycles. The van der Waals surface area contributed by atoms with Crippen LogP contribution in [-0.4, -0.2) is 27.9 Å². The SMILES string of the molecule is BrCCN(c1ccncn1)C1CCCC1. The van der Waals surface area contributed by atoms with Gasteiger partial charge in [-0.05, 0) is 18.9 Å². The van der Waals surface area contributed by atoms with E-state index in [1.54, 1.807) is 6.33 Å². The Balaban J connectivity index is 2.11. The molecule has 0 aromatic carbocycles. The maximum Gasteiger partial charge on any atom is 0.132 e. The Hall–Kier alpha value is -0.640. The molecule has 0 atom stereocenters. The predicted octanol–water partition coefficient (Wildman–Crippen LogP) is 2.62. The molecule has 0 radical (unpaired) electrons. The van der Waals surface area contributed by atoms with Crippen LogP contribution < -0.4 is 4.90 Å². The predicted molar refractivity (Wildman–Crippen MR) is 65.4 cm³/mol. The van der Waals surface area contributed by atoms with Gasteiger partial charge in [0.1, 0.15) is 12.1 Å². The zero-order valence-corrected chi connectivity index (χ0v) is 10.4. The van der Waals surface area contributed by atoms with E-state index >= 15 is 0 Å². The molecule has 3 nitrogen and oxygen atoms in total. The molecular formula is C11H16BrN3. The van der Waals surface area contributed by atoms with Crippen molar-refractivity contribution in [3.63, 3.8) is 0 Å². The van der Waals surface area contributed by atoms with Crippen molar-refractivity contribution >= 4 is 21.7 Å². The van der Waals surface area contributed by atoms with E-state index in [0.29, 0.717) is 6.04 Å². The molecule has 4 heteroatoms. The Morgan fingerprint density at radius 1 is 1.40 bits per heavy atom. The lowest BCUT2D eigenvalue weighted by molar-refractivity contribution is 0.615. The molecule has 1 fully saturated rings. The van der Waals surface area contributed by atoms with Crippen LogP contribution in [0.3, 0.4) is 0 Å². The zero-order valence-electron chi connectivity index (χ0n) is 8.77. The Kier molecular flexibility index (Phi) is 3.94. The van der Waals surface area contributed by atoms with Crippen LogP contribution >= 0.6 is 15.9 Å². The highest BCUT2D eigenvalue weighted by Gasteiger charge is 2.22. The van der Waals surface area contributed by atoms with E-state index < -0.39 is 0 Å². The first-order valence-electron chi connectivity index (χ1n) is 5.50. The van der Waals surface area contributed by atoms with Gasteiger partial charge < -0.3 is 4.90 Å². The number of halogens is 1. The molecule has 1 aromatic heterocycles. The molecule has 1 aliphatic carbocycles. The van der Waals surface area contributed by atoms with Crippen LogP contribution in [0.4, 0.5) is 5.82 Å². The standard InChI is InChI=1S/C11H16BrN3/c12-6-8-15(10-3-1-2-4-10)11-5-7-13-9-14-11/h5,7,9-10H,1-4,6,8H2. The summed E-state index contributed by atoms with van der Waals surface area (Å²) in [7, 11) is 0. The van der Waals surface area contributed by atoms with Gasteiger partial charge in [-0.2, -0.15) is 0 Å². The van der Waals surface area contributed by atoms with E-state index in [1.165, 1.54) is 25.7 Å². The molecule has 0 spiro atoms. The smallest absolute Gasteiger partial charge is 0.132 e. The maximum absolute atomic E-state index is 4.34. The summed E-state index contributed by atoms with van der Waals surface area (Å²) in [6.07, 6.45) is 8.76. The Labute approximate surface area is 99.0 Å². The topological polar surface area (TPSA) is 29.0 Å². The van der Waals surface area contributed by atoms with Crippen molar-refractivity contribution in [2.75, 3.05) is 16.8 Å². The van der Waals surface area contributed by atoms with Gasteiger partial charge >= 0.3 is 0 Å². The highest BCUT2D eigenvalue weighted by molar-refractivity contribution is 9.09. The third kappa shape index (κ3) is 2.68. The molecule has 0 unspecified atom stereocenters. The van der Waals surface area contributed by atoms with Crippen LogP contribution in [0.1, 0.15) is 25.7 Å². The van der Waals surface area contributed by atoms with Gasteiger partial charge in [0.15, 0.2) is 0 Å². The molecule has 15 heavy (non-hydrogen) atoms. The highest BCUT2D eigenvalue weighted by Crippen LogP contribution is 2.26. The zero-order chi connectivity index (χ0) is 10.5. The minimum atomic E-state index is 0.678. The summed E-state index contributed by atoms with van der Waals surface area (Å²) in [6, 6.07) is 2.68. The Morgan fingerprint density at radius 3 is 2.80 bits per heavy atom. The fourth-order valence-corrected chi connectivity index (χ4v) is 2.63. The highest BCUT2D eigenvalue weighted by atomic mass is 79.9. The summed E-state index contributed by atoms with van der Waals surface area (Å²) < 4.78 is 0. The van der Waals surface area contributed by atoms with E-state index in [0.717, 1.165) is 17.7 Å². The number of anilines is 1. The number of rotatable bonds is 4. The van der Waals surface area contributed by atoms with Crippen molar-refractivity contribution in [1.82, 2.24) is 9.97 Å². The van der Waals surface area contributed by atoms with Crippen molar-refractivity contribution < 1.29 is 0 Å². The molecule has 2 rings (SSSR count). The molecule has 0 bridgehead atoms. The summed E-state index contributed by atoms with van der Waals surface area (Å²) in [5, 5.41) is 0.994. The number of alkyl halides is 1. The minimum absolute atomic E-state index is 0.678. The second kappa shape index (κ2) is 5.45. The average Bonchev–Trinajstić information content (AvgIpc) is 2.80. The fourth-order valence-electron chi connectivity index (χ4n) is 2.24. The van der Waals surface area contributed by atoms with Crippen molar-refractivity contribution in [2.24, 2.45) is 0 Å². The van der Waals surface area contributed by atoms with Gasteiger partial charge in [-0.25, -0.2) is 9.97 Å². The van der Waals surface area contributed by atoms with Crippen LogP contribution in [-0.2, 0) is 0 Å². The maximum atomic E-state index is 4.34. The van der Waals surface area contributed by atoms with Gasteiger partial charge in [0.05, 0.1) is 0 Å². The molecule has 0 N–H and O–H groups in total. The molecule has 1 saturated carbocycles. The van der Waals surface area contributed by atoms with Crippen LogP contribution in [0.5, 0.6) is 0 Å². The van der Waals surface area contributed by atoms with E-state index in [9.17, 15) is 0 Å². The molecular weight excluding hydrogens is 254 g/mol. The first-order valence-corrected chi connectivity index (χ1v) is 6.62. The third-order valence-corrected chi connectivity index (χ3v) is 3.31. The quantitative estimate of drug-likeness (QED) is 0.787. The largest absolute Gasteiger partial charge is 0.353 e. The Bertz CT molecular complexity index is 285. The van der Waals surface area contributed by atoms with Crippen molar-refractivity contribution in [1.29, 1.82) is 0 Å². The number of hydrogen-bond donors (Lipinski definition) is 0. The van der Waals surface area contributed by atoms with E-state index in [-0.39, 0.29) is 0 Å². The van der Waals surface area contributed by atoms with Crippen molar-refractivity contribution in [2.45, 2.75) is 31.7 Å². The second-order valence-corrected chi connectivity index (χ2v) is 4.68. The molecule has 1 aliphatic rings. The molecule has 0 saturated heterocycles. The number of nitrogens with zero attached hydrogens (tertiary/aromatic N) is 3. The van der Waals surface area contributed by atoms with Crippen LogP contribution in [0.2, 0.25) is 0 Å². The lowest BCUT2D eigenvalue weighted by atomic mass is 10.2. The molecule has 82 valence electrons. The van der Waals surface area contributed by atoms with E-state index in [4.69, 9.17) is 0 Å². The van der Waals surface area contributed by atoms with Crippen LogP contribution in [0.15, 0.2) is 18.6 Å². The fraction of sp³-hybridized carbons (Fsp3) is 0.636. The average molecular weight is 270 g/mol.